The predicted octanol–water partition coefficient (Wildman–Crippen LogP) is 12.4. The molecule has 0 spiro atoms. The number of rotatable bonds is 7. The van der Waals surface area contributed by atoms with Crippen molar-refractivity contribution < 1.29 is 4.74 Å². The van der Waals surface area contributed by atoms with Gasteiger partial charge in [-0.3, -0.25) is 0 Å². The fraction of sp³-hybridized carbons (Fsp3) is 0.238. The highest BCUT2D eigenvalue weighted by molar-refractivity contribution is 6.40. The minimum atomic E-state index is 0.0749. The third-order valence-electron chi connectivity index (χ3n) is 9.56. The van der Waals surface area contributed by atoms with Crippen LogP contribution in [0, 0.1) is 0 Å². The number of hydrogen-bond acceptors (Lipinski definition) is 1. The lowest BCUT2D eigenvalue weighted by Crippen LogP contribution is -2.10. The van der Waals surface area contributed by atoms with Gasteiger partial charge in [-0.2, -0.15) is 0 Å². The third kappa shape index (κ3) is 4.20. The number of ether oxygens (including phenoxy) is 1. The van der Waals surface area contributed by atoms with Crippen LogP contribution in [0.5, 0.6) is 5.75 Å². The first kappa shape index (κ1) is 26.3. The van der Waals surface area contributed by atoms with E-state index in [0.29, 0.717) is 0 Å². The van der Waals surface area contributed by atoms with E-state index in [1.165, 1.54) is 101 Å². The van der Waals surface area contributed by atoms with E-state index in [9.17, 15) is 0 Å². The first-order valence-corrected chi connectivity index (χ1v) is 16.0. The second-order valence-electron chi connectivity index (χ2n) is 13.5. The van der Waals surface area contributed by atoms with Crippen LogP contribution in [-0.2, 0) is 5.41 Å². The molecule has 0 atom stereocenters. The molecule has 0 N–H and O–H groups in total. The van der Waals surface area contributed by atoms with Crippen molar-refractivity contribution in [3.8, 4) is 16.9 Å². The van der Waals surface area contributed by atoms with Crippen LogP contribution in [0.2, 0.25) is 0 Å². The van der Waals surface area contributed by atoms with Gasteiger partial charge in [0, 0.05) is 0 Å². The van der Waals surface area contributed by atoms with Crippen molar-refractivity contribution in [3.05, 3.63) is 103 Å². The summed E-state index contributed by atoms with van der Waals surface area (Å²) in [5.74, 6) is 0.954. The van der Waals surface area contributed by atoms with Crippen LogP contribution in [-0.4, -0.2) is 6.61 Å². The summed E-state index contributed by atoms with van der Waals surface area (Å²) in [6.45, 7) is 9.97. The number of benzene rings is 8. The topological polar surface area (TPSA) is 9.23 Å². The summed E-state index contributed by atoms with van der Waals surface area (Å²) in [6, 6.07) is 36.9. The average Bonchev–Trinajstić information content (AvgIpc) is 3.01. The predicted molar refractivity (Wildman–Crippen MR) is 188 cm³/mol. The van der Waals surface area contributed by atoms with Crippen molar-refractivity contribution in [2.45, 2.75) is 58.8 Å². The highest BCUT2D eigenvalue weighted by Gasteiger charge is 2.22. The van der Waals surface area contributed by atoms with Gasteiger partial charge in [-0.15, -0.1) is 0 Å². The molecular weight excluding hydrogens is 520 g/mol. The zero-order valence-electron chi connectivity index (χ0n) is 25.7. The van der Waals surface area contributed by atoms with Crippen molar-refractivity contribution in [3.63, 3.8) is 0 Å². The van der Waals surface area contributed by atoms with Crippen molar-refractivity contribution >= 4 is 64.6 Å². The quantitative estimate of drug-likeness (QED) is 0.107. The lowest BCUT2D eigenvalue weighted by molar-refractivity contribution is 0.305. The SMILES string of the molecule is CCCCCCOc1ccc(-c2cc3cc4ccccc4c4cc5ccc6cc(C(C)(C)C)cc7cc2c(c34)c5c67)cc1. The summed E-state index contributed by atoms with van der Waals surface area (Å²) in [5.41, 5.74) is 3.97. The molecular formula is C42H38O. The Morgan fingerprint density at radius 3 is 2.05 bits per heavy atom. The van der Waals surface area contributed by atoms with E-state index in [2.05, 4.69) is 125 Å². The molecule has 8 aromatic rings. The maximum Gasteiger partial charge on any atom is 0.119 e. The van der Waals surface area contributed by atoms with E-state index < -0.39 is 0 Å². The van der Waals surface area contributed by atoms with Crippen molar-refractivity contribution in [2.24, 2.45) is 0 Å². The van der Waals surface area contributed by atoms with E-state index in [1.807, 2.05) is 0 Å². The fourth-order valence-electron chi connectivity index (χ4n) is 7.30. The molecule has 212 valence electrons. The van der Waals surface area contributed by atoms with Gasteiger partial charge in [0.1, 0.15) is 5.75 Å². The van der Waals surface area contributed by atoms with Gasteiger partial charge in [-0.25, -0.2) is 0 Å². The molecule has 8 rings (SSSR count). The standard InChI is InChI=1S/C42H38O/c1-5-6-7-10-19-43-33-17-15-26(16-18-33)35-24-30-20-27-11-8-9-12-34(27)36-23-29-14-13-28-21-32(42(2,3)4)22-31-25-37(35)41(39(30)36)40(29)38(28)31/h8-9,11-18,20-25H,5-7,10,19H2,1-4H3. The van der Waals surface area contributed by atoms with Gasteiger partial charge >= 0.3 is 0 Å². The Morgan fingerprint density at radius 1 is 0.535 bits per heavy atom. The van der Waals surface area contributed by atoms with Gasteiger partial charge in [-0.1, -0.05) is 108 Å². The second-order valence-corrected chi connectivity index (χ2v) is 13.5. The molecule has 0 radical (unpaired) electrons. The van der Waals surface area contributed by atoms with Crippen LogP contribution in [0.15, 0.2) is 97.1 Å². The Hall–Kier alpha value is -4.36. The molecule has 0 aliphatic rings. The molecule has 43 heavy (non-hydrogen) atoms. The number of fused-ring (bicyclic) bond motifs is 2. The Morgan fingerprint density at radius 2 is 1.26 bits per heavy atom. The molecule has 0 saturated carbocycles. The van der Waals surface area contributed by atoms with E-state index >= 15 is 0 Å². The molecule has 0 aromatic heterocycles. The van der Waals surface area contributed by atoms with Crippen LogP contribution < -0.4 is 4.74 Å². The largest absolute Gasteiger partial charge is 0.494 e. The molecule has 1 heteroatoms. The molecule has 0 aliphatic heterocycles. The van der Waals surface area contributed by atoms with Crippen molar-refractivity contribution in [2.75, 3.05) is 6.61 Å². The zero-order valence-corrected chi connectivity index (χ0v) is 25.7. The minimum Gasteiger partial charge on any atom is -0.494 e. The summed E-state index contributed by atoms with van der Waals surface area (Å²) in [5, 5.41) is 16.1. The Balaban J connectivity index is 1.42. The maximum atomic E-state index is 6.12. The summed E-state index contributed by atoms with van der Waals surface area (Å²) in [6.07, 6.45) is 4.86. The lowest BCUT2D eigenvalue weighted by Gasteiger charge is -2.24. The first-order chi connectivity index (χ1) is 20.9. The molecule has 1 nitrogen and oxygen atoms in total. The average molecular weight is 559 g/mol. The van der Waals surface area contributed by atoms with Crippen molar-refractivity contribution in [1.29, 1.82) is 0 Å². The van der Waals surface area contributed by atoms with E-state index in [0.717, 1.165) is 18.8 Å². The molecule has 8 aromatic carbocycles. The monoisotopic (exact) mass is 558 g/mol. The Kier molecular flexibility index (Phi) is 6.02. The smallest absolute Gasteiger partial charge is 0.119 e. The molecule has 0 bridgehead atoms. The Bertz CT molecular complexity index is 2260. The van der Waals surface area contributed by atoms with Gasteiger partial charge < -0.3 is 4.74 Å². The van der Waals surface area contributed by atoms with Gasteiger partial charge in [0.2, 0.25) is 0 Å². The number of hydrogen-bond donors (Lipinski definition) is 0. The Labute approximate surface area is 253 Å². The van der Waals surface area contributed by atoms with Crippen LogP contribution in [0.25, 0.3) is 75.8 Å². The number of unbranched alkanes of at least 4 members (excludes halogenated alkanes) is 3. The minimum absolute atomic E-state index is 0.0749. The van der Waals surface area contributed by atoms with E-state index in [-0.39, 0.29) is 5.41 Å². The van der Waals surface area contributed by atoms with Gasteiger partial charge in [0.25, 0.3) is 0 Å². The molecule has 0 aliphatic carbocycles. The first-order valence-electron chi connectivity index (χ1n) is 16.0. The van der Waals surface area contributed by atoms with Crippen molar-refractivity contribution in [1.82, 2.24) is 0 Å². The van der Waals surface area contributed by atoms with Crippen LogP contribution >= 0.6 is 0 Å². The van der Waals surface area contributed by atoms with Crippen LogP contribution in [0.3, 0.4) is 0 Å². The van der Waals surface area contributed by atoms with E-state index in [4.69, 9.17) is 4.74 Å². The zero-order chi connectivity index (χ0) is 29.3. The second kappa shape index (κ2) is 9.85. The highest BCUT2D eigenvalue weighted by atomic mass is 16.5. The summed E-state index contributed by atoms with van der Waals surface area (Å²) < 4.78 is 6.12. The molecule has 0 heterocycles. The molecule has 0 fully saturated rings. The summed E-state index contributed by atoms with van der Waals surface area (Å²) >= 11 is 0. The summed E-state index contributed by atoms with van der Waals surface area (Å²) in [4.78, 5) is 0. The third-order valence-corrected chi connectivity index (χ3v) is 9.56. The lowest BCUT2D eigenvalue weighted by atomic mass is 9.80. The van der Waals surface area contributed by atoms with Crippen LogP contribution in [0.1, 0.15) is 58.9 Å². The molecule has 0 amide bonds. The highest BCUT2D eigenvalue weighted by Crippen LogP contribution is 2.49. The van der Waals surface area contributed by atoms with Crippen LogP contribution in [0.4, 0.5) is 0 Å². The maximum absolute atomic E-state index is 6.12. The van der Waals surface area contributed by atoms with E-state index in [1.54, 1.807) is 0 Å². The normalized spacial score (nSPS) is 12.7. The van der Waals surface area contributed by atoms with Gasteiger partial charge in [0.05, 0.1) is 6.61 Å². The summed E-state index contributed by atoms with van der Waals surface area (Å²) in [7, 11) is 0. The molecule has 0 unspecified atom stereocenters. The van der Waals surface area contributed by atoms with Gasteiger partial charge in [-0.05, 0) is 130 Å². The van der Waals surface area contributed by atoms with Gasteiger partial charge in [0.15, 0.2) is 0 Å². The fourth-order valence-corrected chi connectivity index (χ4v) is 7.30. The molecule has 0 saturated heterocycles.